The molecular weight excluding hydrogens is 352 g/mol. The highest BCUT2D eigenvalue weighted by atomic mass is 16.4. The molecule has 1 aliphatic rings. The fourth-order valence-corrected chi connectivity index (χ4v) is 3.82. The predicted octanol–water partition coefficient (Wildman–Crippen LogP) is 3.82. The molecule has 2 N–H and O–H groups in total. The molecule has 1 aliphatic heterocycles. The second kappa shape index (κ2) is 11.2. The zero-order valence-corrected chi connectivity index (χ0v) is 17.6. The van der Waals surface area contributed by atoms with Gasteiger partial charge in [-0.2, -0.15) is 0 Å². The summed E-state index contributed by atoms with van der Waals surface area (Å²) < 4.78 is 0. The van der Waals surface area contributed by atoms with Crippen molar-refractivity contribution in [1.29, 1.82) is 0 Å². The standard InChI is InChI=1S/C23H36N2O3/c1-17(2)16-19-9-11-20(12-10-19)18(3)22(26)24-21(23(27)28)8-7-15-25-13-5-4-6-14-25/h9-12,17-18,21H,4-8,13-16H2,1-3H3,(H,24,26)(H,27,28)/t18-,21+/m1/s1. The van der Waals surface area contributed by atoms with Crippen molar-refractivity contribution < 1.29 is 14.7 Å². The van der Waals surface area contributed by atoms with Crippen LogP contribution in [0.5, 0.6) is 0 Å². The highest BCUT2D eigenvalue weighted by molar-refractivity contribution is 5.87. The minimum Gasteiger partial charge on any atom is -0.480 e. The topological polar surface area (TPSA) is 69.6 Å². The van der Waals surface area contributed by atoms with Crippen LogP contribution in [0.3, 0.4) is 0 Å². The number of hydrogen-bond acceptors (Lipinski definition) is 3. The van der Waals surface area contributed by atoms with Crippen molar-refractivity contribution in [2.45, 2.75) is 71.3 Å². The zero-order valence-electron chi connectivity index (χ0n) is 17.6. The molecule has 0 spiro atoms. The minimum atomic E-state index is -0.952. The van der Waals surface area contributed by atoms with Crippen molar-refractivity contribution in [2.24, 2.45) is 5.92 Å². The van der Waals surface area contributed by atoms with Gasteiger partial charge in [0.2, 0.25) is 5.91 Å². The van der Waals surface area contributed by atoms with Crippen LogP contribution in [-0.4, -0.2) is 47.6 Å². The summed E-state index contributed by atoms with van der Waals surface area (Å²) in [7, 11) is 0. The summed E-state index contributed by atoms with van der Waals surface area (Å²) in [5.74, 6) is -0.946. The first kappa shape index (κ1) is 22.4. The van der Waals surface area contributed by atoms with E-state index in [4.69, 9.17) is 0 Å². The molecule has 1 aromatic carbocycles. The van der Waals surface area contributed by atoms with Crippen molar-refractivity contribution in [3.63, 3.8) is 0 Å². The van der Waals surface area contributed by atoms with Gasteiger partial charge in [0, 0.05) is 0 Å². The zero-order chi connectivity index (χ0) is 20.5. The monoisotopic (exact) mass is 388 g/mol. The number of carbonyl (C=O) groups is 2. The molecule has 28 heavy (non-hydrogen) atoms. The number of nitrogens with one attached hydrogen (secondary N) is 1. The third-order valence-corrected chi connectivity index (χ3v) is 5.55. The number of aliphatic carboxylic acids is 1. The number of likely N-dealkylation sites (tertiary alicyclic amines) is 1. The van der Waals surface area contributed by atoms with E-state index < -0.39 is 12.0 Å². The minimum absolute atomic E-state index is 0.220. The average molecular weight is 389 g/mol. The molecule has 1 heterocycles. The Bertz CT molecular complexity index is 621. The van der Waals surface area contributed by atoms with Crippen molar-refractivity contribution >= 4 is 11.9 Å². The Morgan fingerprint density at radius 1 is 1.07 bits per heavy atom. The van der Waals surface area contributed by atoms with E-state index in [9.17, 15) is 14.7 Å². The van der Waals surface area contributed by atoms with E-state index in [2.05, 4.69) is 36.2 Å². The molecular formula is C23H36N2O3. The average Bonchev–Trinajstić information content (AvgIpc) is 2.67. The summed E-state index contributed by atoms with van der Waals surface area (Å²) in [5, 5.41) is 12.2. The van der Waals surface area contributed by atoms with Gasteiger partial charge in [0.1, 0.15) is 6.04 Å². The summed E-state index contributed by atoms with van der Waals surface area (Å²) in [6.45, 7) is 9.32. The number of carbonyl (C=O) groups excluding carboxylic acids is 1. The smallest absolute Gasteiger partial charge is 0.326 e. The van der Waals surface area contributed by atoms with Crippen LogP contribution in [-0.2, 0) is 16.0 Å². The molecule has 0 radical (unpaired) electrons. The Labute approximate surface area is 169 Å². The number of carboxylic acid groups (broad SMARTS) is 1. The van der Waals surface area contributed by atoms with Gasteiger partial charge in [0.15, 0.2) is 0 Å². The van der Waals surface area contributed by atoms with E-state index >= 15 is 0 Å². The molecule has 5 nitrogen and oxygen atoms in total. The Morgan fingerprint density at radius 3 is 2.29 bits per heavy atom. The van der Waals surface area contributed by atoms with Gasteiger partial charge in [-0.3, -0.25) is 4.79 Å². The van der Waals surface area contributed by atoms with Crippen LogP contribution in [0.15, 0.2) is 24.3 Å². The van der Waals surface area contributed by atoms with Crippen molar-refractivity contribution in [2.75, 3.05) is 19.6 Å². The number of carboxylic acids is 1. The van der Waals surface area contributed by atoms with Gasteiger partial charge in [-0.05, 0) is 75.7 Å². The van der Waals surface area contributed by atoms with E-state index in [1.807, 2.05) is 19.1 Å². The van der Waals surface area contributed by atoms with Crippen molar-refractivity contribution in [1.82, 2.24) is 10.2 Å². The van der Waals surface area contributed by atoms with Crippen LogP contribution in [0.25, 0.3) is 0 Å². The van der Waals surface area contributed by atoms with Gasteiger partial charge < -0.3 is 15.3 Å². The molecule has 1 saturated heterocycles. The van der Waals surface area contributed by atoms with E-state index in [1.165, 1.54) is 24.8 Å². The maximum absolute atomic E-state index is 12.6. The molecule has 2 rings (SSSR count). The van der Waals surface area contributed by atoms with E-state index in [0.29, 0.717) is 12.3 Å². The van der Waals surface area contributed by atoms with Crippen LogP contribution in [0.2, 0.25) is 0 Å². The summed E-state index contributed by atoms with van der Waals surface area (Å²) in [6, 6.07) is 7.26. The summed E-state index contributed by atoms with van der Waals surface area (Å²) >= 11 is 0. The molecule has 1 amide bonds. The lowest BCUT2D eigenvalue weighted by Crippen LogP contribution is -2.43. The van der Waals surface area contributed by atoms with Crippen molar-refractivity contribution in [3.05, 3.63) is 35.4 Å². The summed E-state index contributed by atoms with van der Waals surface area (Å²) in [4.78, 5) is 26.6. The Balaban J connectivity index is 1.85. The highest BCUT2D eigenvalue weighted by Gasteiger charge is 2.24. The normalized spacial score (nSPS) is 17.3. The predicted molar refractivity (Wildman–Crippen MR) is 112 cm³/mol. The molecule has 5 heteroatoms. The van der Waals surface area contributed by atoms with Crippen molar-refractivity contribution in [3.8, 4) is 0 Å². The van der Waals surface area contributed by atoms with E-state index in [0.717, 1.165) is 38.0 Å². The molecule has 0 bridgehead atoms. The maximum atomic E-state index is 12.6. The van der Waals surface area contributed by atoms with Gasteiger partial charge in [0.25, 0.3) is 0 Å². The molecule has 156 valence electrons. The maximum Gasteiger partial charge on any atom is 0.326 e. The fourth-order valence-electron chi connectivity index (χ4n) is 3.82. The summed E-state index contributed by atoms with van der Waals surface area (Å²) in [5.41, 5.74) is 2.18. The largest absolute Gasteiger partial charge is 0.480 e. The van der Waals surface area contributed by atoms with Crippen LogP contribution >= 0.6 is 0 Å². The second-order valence-corrected chi connectivity index (χ2v) is 8.51. The molecule has 0 saturated carbocycles. The van der Waals surface area contributed by atoms with Crippen LogP contribution < -0.4 is 5.32 Å². The van der Waals surface area contributed by atoms with Gasteiger partial charge in [-0.15, -0.1) is 0 Å². The first-order valence-electron chi connectivity index (χ1n) is 10.7. The number of hydrogen-bond donors (Lipinski definition) is 2. The summed E-state index contributed by atoms with van der Waals surface area (Å²) in [6.07, 6.45) is 6.02. The molecule has 0 aliphatic carbocycles. The fraction of sp³-hybridized carbons (Fsp3) is 0.652. The number of benzene rings is 1. The SMILES string of the molecule is CC(C)Cc1ccc([C@@H](C)C(=O)N[C@@H](CCCN2CCCCC2)C(=O)O)cc1. The molecule has 1 aromatic rings. The Hall–Kier alpha value is -1.88. The third kappa shape index (κ3) is 7.27. The van der Waals surface area contributed by atoms with Gasteiger partial charge >= 0.3 is 5.97 Å². The lowest BCUT2D eigenvalue weighted by Gasteiger charge is -2.27. The van der Waals surface area contributed by atoms with Gasteiger partial charge in [-0.25, -0.2) is 4.79 Å². The number of piperidine rings is 1. The highest BCUT2D eigenvalue weighted by Crippen LogP contribution is 2.18. The molecule has 0 aromatic heterocycles. The molecule has 0 unspecified atom stereocenters. The lowest BCUT2D eigenvalue weighted by atomic mass is 9.96. The molecule has 2 atom stereocenters. The van der Waals surface area contributed by atoms with Gasteiger partial charge in [-0.1, -0.05) is 44.5 Å². The number of rotatable bonds is 10. The van der Waals surface area contributed by atoms with Crippen LogP contribution in [0.4, 0.5) is 0 Å². The molecule has 1 fully saturated rings. The van der Waals surface area contributed by atoms with Crippen LogP contribution in [0.1, 0.15) is 69.9 Å². The third-order valence-electron chi connectivity index (χ3n) is 5.55. The Kier molecular flexibility index (Phi) is 8.97. The lowest BCUT2D eigenvalue weighted by molar-refractivity contribution is -0.142. The quantitative estimate of drug-likeness (QED) is 0.639. The van der Waals surface area contributed by atoms with Crippen LogP contribution in [0, 0.1) is 5.92 Å². The van der Waals surface area contributed by atoms with Gasteiger partial charge in [0.05, 0.1) is 5.92 Å². The van der Waals surface area contributed by atoms with E-state index in [-0.39, 0.29) is 11.8 Å². The second-order valence-electron chi connectivity index (χ2n) is 8.51. The number of nitrogens with zero attached hydrogens (tertiary/aromatic N) is 1. The Morgan fingerprint density at radius 2 is 1.71 bits per heavy atom. The van der Waals surface area contributed by atoms with E-state index in [1.54, 1.807) is 0 Å². The first-order chi connectivity index (χ1) is 13.4. The number of amides is 1. The first-order valence-corrected chi connectivity index (χ1v) is 10.7.